The molecule has 0 radical (unpaired) electrons. The first-order chi connectivity index (χ1) is 9.32. The number of hydrogen-bond donors (Lipinski definition) is 1. The predicted octanol–water partition coefficient (Wildman–Crippen LogP) is 2.66. The van der Waals surface area contributed by atoms with Gasteiger partial charge in [0.2, 0.25) is 5.91 Å². The highest BCUT2D eigenvalue weighted by Gasteiger charge is 2.38. The van der Waals surface area contributed by atoms with Crippen LogP contribution in [-0.2, 0) is 15.0 Å². The van der Waals surface area contributed by atoms with Crippen LogP contribution in [-0.4, -0.2) is 35.0 Å². The Labute approximate surface area is 126 Å². The molecule has 2 rings (SSSR count). The summed E-state index contributed by atoms with van der Waals surface area (Å²) in [5.41, 5.74) is 0.290. The molecule has 1 atom stereocenters. The predicted molar refractivity (Wildman–Crippen MR) is 79.5 cm³/mol. The molecule has 1 unspecified atom stereocenters. The van der Waals surface area contributed by atoms with E-state index < -0.39 is 17.3 Å². The van der Waals surface area contributed by atoms with Crippen molar-refractivity contribution in [3.8, 4) is 0 Å². The molecule has 0 spiro atoms. The summed E-state index contributed by atoms with van der Waals surface area (Å²) in [6.45, 7) is 4.60. The van der Waals surface area contributed by atoms with Gasteiger partial charge in [0.25, 0.3) is 0 Å². The van der Waals surface area contributed by atoms with Crippen LogP contribution in [0.4, 0.5) is 0 Å². The van der Waals surface area contributed by atoms with Crippen LogP contribution in [0, 0.1) is 5.92 Å². The second-order valence-corrected chi connectivity index (χ2v) is 6.62. The van der Waals surface area contributed by atoms with E-state index in [0.717, 1.165) is 10.0 Å². The minimum Gasteiger partial charge on any atom is -0.481 e. The highest BCUT2D eigenvalue weighted by molar-refractivity contribution is 9.10. The summed E-state index contributed by atoms with van der Waals surface area (Å²) < 4.78 is 0.969. The molecule has 1 aliphatic rings. The summed E-state index contributed by atoms with van der Waals surface area (Å²) in [6, 6.07) is 7.67. The van der Waals surface area contributed by atoms with E-state index in [0.29, 0.717) is 19.5 Å². The number of benzene rings is 1. The molecule has 1 aromatic rings. The first kappa shape index (κ1) is 15.0. The summed E-state index contributed by atoms with van der Waals surface area (Å²) in [4.78, 5) is 25.3. The van der Waals surface area contributed by atoms with Gasteiger partial charge in [-0.1, -0.05) is 28.1 Å². The zero-order valence-electron chi connectivity index (χ0n) is 11.6. The molecule has 20 heavy (non-hydrogen) atoms. The summed E-state index contributed by atoms with van der Waals surface area (Å²) in [7, 11) is 0. The monoisotopic (exact) mass is 339 g/mol. The molecule has 4 nitrogen and oxygen atoms in total. The Kier molecular flexibility index (Phi) is 4.18. The first-order valence-corrected chi connectivity index (χ1v) is 7.40. The van der Waals surface area contributed by atoms with Crippen molar-refractivity contribution in [2.24, 2.45) is 5.92 Å². The fourth-order valence-electron chi connectivity index (χ4n) is 2.53. The summed E-state index contributed by atoms with van der Waals surface area (Å²) in [5, 5.41) is 9.02. The van der Waals surface area contributed by atoms with E-state index in [1.807, 2.05) is 38.1 Å². The van der Waals surface area contributed by atoms with Crippen LogP contribution < -0.4 is 0 Å². The molecule has 0 aliphatic carbocycles. The smallest absolute Gasteiger partial charge is 0.308 e. The van der Waals surface area contributed by atoms with Crippen LogP contribution in [0.25, 0.3) is 0 Å². The lowest BCUT2D eigenvalue weighted by molar-refractivity contribution is -0.141. The number of halogens is 1. The Balaban J connectivity index is 2.15. The fraction of sp³-hybridized carbons (Fsp3) is 0.467. The minimum absolute atomic E-state index is 0.0106. The third-order valence-electron chi connectivity index (χ3n) is 3.93. The molecule has 1 N–H and O–H groups in total. The van der Waals surface area contributed by atoms with Gasteiger partial charge in [-0.2, -0.15) is 0 Å². The number of nitrogens with zero attached hydrogens (tertiary/aromatic N) is 1. The second-order valence-electron chi connectivity index (χ2n) is 5.71. The molecule has 1 aliphatic heterocycles. The Morgan fingerprint density at radius 3 is 2.40 bits per heavy atom. The van der Waals surface area contributed by atoms with Gasteiger partial charge in [0.1, 0.15) is 0 Å². The lowest BCUT2D eigenvalue weighted by Gasteiger charge is -2.29. The minimum atomic E-state index is -0.818. The summed E-state index contributed by atoms with van der Waals surface area (Å²) in [6.07, 6.45) is 0.539. The number of hydrogen-bond acceptors (Lipinski definition) is 2. The maximum atomic E-state index is 12.6. The van der Waals surface area contributed by atoms with Gasteiger partial charge in [0.15, 0.2) is 0 Å². The average molecular weight is 340 g/mol. The van der Waals surface area contributed by atoms with Crippen LogP contribution in [0.15, 0.2) is 28.7 Å². The van der Waals surface area contributed by atoms with Gasteiger partial charge >= 0.3 is 5.97 Å². The van der Waals surface area contributed by atoms with Crippen molar-refractivity contribution in [3.05, 3.63) is 34.3 Å². The third-order valence-corrected chi connectivity index (χ3v) is 4.45. The van der Waals surface area contributed by atoms with E-state index in [-0.39, 0.29) is 5.91 Å². The Morgan fingerprint density at radius 2 is 1.90 bits per heavy atom. The topological polar surface area (TPSA) is 57.6 Å². The molecular weight excluding hydrogens is 322 g/mol. The van der Waals surface area contributed by atoms with Gasteiger partial charge in [0.05, 0.1) is 11.3 Å². The van der Waals surface area contributed by atoms with Crippen LogP contribution in [0.5, 0.6) is 0 Å². The number of aliphatic carboxylic acids is 1. The molecule has 108 valence electrons. The Bertz CT molecular complexity index is 524. The van der Waals surface area contributed by atoms with Crippen molar-refractivity contribution in [3.63, 3.8) is 0 Å². The number of carboxylic acids is 1. The maximum Gasteiger partial charge on any atom is 0.308 e. The van der Waals surface area contributed by atoms with Gasteiger partial charge in [-0.3, -0.25) is 9.59 Å². The number of carbonyl (C=O) groups excluding carboxylic acids is 1. The average Bonchev–Trinajstić information content (AvgIpc) is 2.88. The van der Waals surface area contributed by atoms with Crippen molar-refractivity contribution in [2.75, 3.05) is 13.1 Å². The third kappa shape index (κ3) is 2.87. The maximum absolute atomic E-state index is 12.6. The van der Waals surface area contributed by atoms with Crippen LogP contribution in [0.3, 0.4) is 0 Å². The van der Waals surface area contributed by atoms with Crippen molar-refractivity contribution < 1.29 is 14.7 Å². The van der Waals surface area contributed by atoms with Crippen molar-refractivity contribution in [1.82, 2.24) is 4.90 Å². The molecule has 1 aromatic carbocycles. The number of rotatable bonds is 3. The van der Waals surface area contributed by atoms with E-state index in [2.05, 4.69) is 15.9 Å². The fourth-order valence-corrected chi connectivity index (χ4v) is 2.80. The molecule has 1 amide bonds. The number of carbonyl (C=O) groups is 2. The molecule has 0 saturated carbocycles. The van der Waals surface area contributed by atoms with E-state index in [1.54, 1.807) is 4.90 Å². The molecule has 1 heterocycles. The van der Waals surface area contributed by atoms with E-state index in [1.165, 1.54) is 0 Å². The van der Waals surface area contributed by atoms with Gasteiger partial charge in [-0.25, -0.2) is 0 Å². The molecule has 1 saturated heterocycles. The molecule has 0 aromatic heterocycles. The summed E-state index contributed by atoms with van der Waals surface area (Å²) in [5.74, 6) is -1.26. The number of carboxylic acid groups (broad SMARTS) is 1. The SMILES string of the molecule is CC(C)(C(=O)N1CCC(C(=O)O)C1)c1ccc(Br)cc1. The second kappa shape index (κ2) is 5.56. The van der Waals surface area contributed by atoms with Gasteiger partial charge in [-0.15, -0.1) is 0 Å². The van der Waals surface area contributed by atoms with E-state index in [9.17, 15) is 9.59 Å². The highest BCUT2D eigenvalue weighted by atomic mass is 79.9. The van der Waals surface area contributed by atoms with E-state index >= 15 is 0 Å². The Morgan fingerprint density at radius 1 is 1.30 bits per heavy atom. The zero-order chi connectivity index (χ0) is 14.9. The number of likely N-dealkylation sites (tertiary alicyclic amines) is 1. The normalized spacial score (nSPS) is 19.1. The van der Waals surface area contributed by atoms with Crippen LogP contribution in [0.2, 0.25) is 0 Å². The Hall–Kier alpha value is -1.36. The quantitative estimate of drug-likeness (QED) is 0.920. The summed E-state index contributed by atoms with van der Waals surface area (Å²) >= 11 is 3.38. The number of amides is 1. The first-order valence-electron chi connectivity index (χ1n) is 6.60. The molecule has 5 heteroatoms. The van der Waals surface area contributed by atoms with Crippen LogP contribution in [0.1, 0.15) is 25.8 Å². The largest absolute Gasteiger partial charge is 0.481 e. The lowest BCUT2D eigenvalue weighted by atomic mass is 9.83. The van der Waals surface area contributed by atoms with Gasteiger partial charge < -0.3 is 10.0 Å². The molecule has 0 bridgehead atoms. The van der Waals surface area contributed by atoms with E-state index in [4.69, 9.17) is 5.11 Å². The highest BCUT2D eigenvalue weighted by Crippen LogP contribution is 2.29. The van der Waals surface area contributed by atoms with Crippen molar-refractivity contribution in [2.45, 2.75) is 25.7 Å². The van der Waals surface area contributed by atoms with Crippen molar-refractivity contribution >= 4 is 27.8 Å². The van der Waals surface area contributed by atoms with Crippen molar-refractivity contribution in [1.29, 1.82) is 0 Å². The lowest BCUT2D eigenvalue weighted by Crippen LogP contribution is -2.42. The van der Waals surface area contributed by atoms with Crippen LogP contribution >= 0.6 is 15.9 Å². The van der Waals surface area contributed by atoms with Gasteiger partial charge in [0, 0.05) is 17.6 Å². The molecular formula is C15H18BrNO3. The molecule has 1 fully saturated rings. The standard InChI is InChI=1S/C15H18BrNO3/c1-15(2,11-3-5-12(16)6-4-11)14(20)17-8-7-10(9-17)13(18)19/h3-6,10H,7-9H2,1-2H3,(H,18,19). The zero-order valence-corrected chi connectivity index (χ0v) is 13.2. The van der Waals surface area contributed by atoms with Gasteiger partial charge in [-0.05, 0) is 38.0 Å².